The van der Waals surface area contributed by atoms with Crippen LogP contribution in [0.1, 0.15) is 50.1 Å². The Morgan fingerprint density at radius 3 is 2.95 bits per heavy atom. The molecule has 0 aliphatic carbocycles. The van der Waals surface area contributed by atoms with Gasteiger partial charge in [0.05, 0.1) is 12.1 Å². The number of thiazole rings is 1. The van der Waals surface area contributed by atoms with Gasteiger partial charge in [0.25, 0.3) is 0 Å². The van der Waals surface area contributed by atoms with Crippen LogP contribution in [0.3, 0.4) is 0 Å². The van der Waals surface area contributed by atoms with Crippen molar-refractivity contribution in [3.8, 4) is 0 Å². The summed E-state index contributed by atoms with van der Waals surface area (Å²) in [6.07, 6.45) is 5.45. The number of aliphatic carboxylic acids is 1. The van der Waals surface area contributed by atoms with E-state index in [0.29, 0.717) is 12.5 Å². The van der Waals surface area contributed by atoms with E-state index in [0.717, 1.165) is 28.7 Å². The number of carboxylic acid groups (broad SMARTS) is 1. The number of carbonyl (C=O) groups is 1. The number of aromatic nitrogens is 1. The Morgan fingerprint density at radius 1 is 1.53 bits per heavy atom. The van der Waals surface area contributed by atoms with Gasteiger partial charge in [-0.1, -0.05) is 6.92 Å². The van der Waals surface area contributed by atoms with Crippen molar-refractivity contribution < 1.29 is 9.90 Å². The molecule has 1 aromatic heterocycles. The second kappa shape index (κ2) is 6.37. The number of hydrogen-bond acceptors (Lipinski definition) is 4. The van der Waals surface area contributed by atoms with E-state index in [2.05, 4.69) is 18.7 Å². The van der Waals surface area contributed by atoms with E-state index >= 15 is 0 Å². The van der Waals surface area contributed by atoms with Crippen molar-refractivity contribution in [3.63, 3.8) is 0 Å². The van der Waals surface area contributed by atoms with E-state index in [4.69, 9.17) is 10.1 Å². The molecule has 0 spiro atoms. The molecule has 1 unspecified atom stereocenters. The fraction of sp³-hybridized carbons (Fsp3) is 0.714. The zero-order valence-corrected chi connectivity index (χ0v) is 12.5. The lowest BCUT2D eigenvalue weighted by molar-refractivity contribution is -0.136. The second-order valence-electron chi connectivity index (χ2n) is 5.15. The Morgan fingerprint density at radius 2 is 2.32 bits per heavy atom. The zero-order chi connectivity index (χ0) is 13.8. The normalized spacial score (nSPS) is 19.7. The Balaban J connectivity index is 2.15. The smallest absolute Gasteiger partial charge is 0.303 e. The lowest BCUT2D eigenvalue weighted by Gasteiger charge is -2.33. The minimum Gasteiger partial charge on any atom is -0.481 e. The number of piperidine rings is 1. The molecule has 2 heterocycles. The molecule has 4 nitrogen and oxygen atoms in total. The number of aryl methyl sites for hydroxylation is 2. The van der Waals surface area contributed by atoms with Crippen molar-refractivity contribution >= 4 is 22.4 Å². The summed E-state index contributed by atoms with van der Waals surface area (Å²) in [5.74, 6) is -0.733. The Bertz CT molecular complexity index is 445. The van der Waals surface area contributed by atoms with Crippen LogP contribution in [-0.2, 0) is 17.6 Å². The summed E-state index contributed by atoms with van der Waals surface area (Å²) >= 11 is 1.69. The van der Waals surface area contributed by atoms with E-state index in [1.165, 1.54) is 19.3 Å². The first-order valence-electron chi connectivity index (χ1n) is 7.08. The van der Waals surface area contributed by atoms with E-state index in [-0.39, 0.29) is 6.42 Å². The minimum atomic E-state index is -0.733. The van der Waals surface area contributed by atoms with Gasteiger partial charge >= 0.3 is 5.97 Å². The highest BCUT2D eigenvalue weighted by molar-refractivity contribution is 7.15. The van der Waals surface area contributed by atoms with Crippen molar-refractivity contribution in [2.45, 2.75) is 58.4 Å². The van der Waals surface area contributed by atoms with E-state index in [1.807, 2.05) is 0 Å². The minimum absolute atomic E-state index is 0.199. The monoisotopic (exact) mass is 282 g/mol. The summed E-state index contributed by atoms with van der Waals surface area (Å²) in [6.45, 7) is 5.42. The third-order valence-corrected chi connectivity index (χ3v) is 4.91. The third kappa shape index (κ3) is 3.47. The van der Waals surface area contributed by atoms with Gasteiger partial charge in [-0.25, -0.2) is 4.98 Å². The predicted molar refractivity (Wildman–Crippen MR) is 78.1 cm³/mol. The average Bonchev–Trinajstić information content (AvgIpc) is 2.80. The molecule has 106 valence electrons. The Labute approximate surface area is 118 Å². The quantitative estimate of drug-likeness (QED) is 0.901. The molecule has 1 fully saturated rings. The lowest BCUT2D eigenvalue weighted by Crippen LogP contribution is -2.37. The standard InChI is InChI=1S/C14H22N2O2S/c1-3-11-12(7-8-13(17)18)19-14(15-11)16-9-5-4-6-10(16)2/h10H,3-9H2,1-2H3,(H,17,18). The number of nitrogens with zero attached hydrogens (tertiary/aromatic N) is 2. The molecule has 1 N–H and O–H groups in total. The van der Waals surface area contributed by atoms with Gasteiger partial charge in [0.15, 0.2) is 5.13 Å². The first-order chi connectivity index (χ1) is 9.11. The van der Waals surface area contributed by atoms with Gasteiger partial charge in [-0.15, -0.1) is 11.3 Å². The van der Waals surface area contributed by atoms with Crippen molar-refractivity contribution in [3.05, 3.63) is 10.6 Å². The maximum Gasteiger partial charge on any atom is 0.303 e. The number of hydrogen-bond donors (Lipinski definition) is 1. The lowest BCUT2D eigenvalue weighted by atomic mass is 10.1. The van der Waals surface area contributed by atoms with Gasteiger partial charge in [0.2, 0.25) is 0 Å². The molecule has 1 atom stereocenters. The number of anilines is 1. The van der Waals surface area contributed by atoms with E-state index in [9.17, 15) is 4.79 Å². The summed E-state index contributed by atoms with van der Waals surface area (Å²) in [5, 5.41) is 9.90. The van der Waals surface area contributed by atoms with Gasteiger partial charge in [-0.2, -0.15) is 0 Å². The van der Waals surface area contributed by atoms with Crippen molar-refractivity contribution in [2.75, 3.05) is 11.4 Å². The highest BCUT2D eigenvalue weighted by Crippen LogP contribution is 2.32. The first-order valence-corrected chi connectivity index (χ1v) is 7.90. The summed E-state index contributed by atoms with van der Waals surface area (Å²) < 4.78 is 0. The van der Waals surface area contributed by atoms with Gasteiger partial charge in [-0.3, -0.25) is 4.79 Å². The molecule has 1 aliphatic rings. The largest absolute Gasteiger partial charge is 0.481 e. The van der Waals surface area contributed by atoms with Gasteiger partial charge < -0.3 is 10.0 Å². The molecule has 0 aromatic carbocycles. The predicted octanol–water partition coefficient (Wildman–Crippen LogP) is 3.10. The number of carboxylic acids is 1. The Kier molecular flexibility index (Phi) is 4.80. The molecule has 1 aliphatic heterocycles. The van der Waals surface area contributed by atoms with Crippen LogP contribution in [-0.4, -0.2) is 28.6 Å². The first kappa shape index (κ1) is 14.3. The van der Waals surface area contributed by atoms with E-state index in [1.54, 1.807) is 11.3 Å². The molecule has 5 heteroatoms. The maximum atomic E-state index is 10.7. The van der Waals surface area contributed by atoms with Crippen LogP contribution in [0.4, 0.5) is 5.13 Å². The molecule has 0 saturated carbocycles. The Hall–Kier alpha value is -1.10. The fourth-order valence-corrected chi connectivity index (χ4v) is 3.84. The van der Waals surface area contributed by atoms with Gasteiger partial charge in [-0.05, 0) is 39.0 Å². The molecule has 0 amide bonds. The van der Waals surface area contributed by atoms with Crippen LogP contribution in [0.5, 0.6) is 0 Å². The summed E-state index contributed by atoms with van der Waals surface area (Å²) in [5.41, 5.74) is 1.08. The molecule has 1 saturated heterocycles. The van der Waals surface area contributed by atoms with Crippen LogP contribution in [0.15, 0.2) is 0 Å². The van der Waals surface area contributed by atoms with E-state index < -0.39 is 5.97 Å². The molecular weight excluding hydrogens is 260 g/mol. The SMILES string of the molecule is CCc1nc(N2CCCCC2C)sc1CCC(=O)O. The number of rotatable bonds is 5. The maximum absolute atomic E-state index is 10.7. The van der Waals surface area contributed by atoms with Gasteiger partial charge in [0.1, 0.15) is 0 Å². The molecule has 1 aromatic rings. The highest BCUT2D eigenvalue weighted by Gasteiger charge is 2.22. The van der Waals surface area contributed by atoms with Crippen LogP contribution in [0.2, 0.25) is 0 Å². The van der Waals surface area contributed by atoms with Crippen molar-refractivity contribution in [1.82, 2.24) is 4.98 Å². The molecular formula is C14H22N2O2S. The summed E-state index contributed by atoms with van der Waals surface area (Å²) in [6, 6.07) is 0.553. The summed E-state index contributed by atoms with van der Waals surface area (Å²) in [7, 11) is 0. The molecule has 0 bridgehead atoms. The molecule has 0 radical (unpaired) electrons. The van der Waals surface area contributed by atoms with Crippen LogP contribution in [0.25, 0.3) is 0 Å². The van der Waals surface area contributed by atoms with Gasteiger partial charge in [0, 0.05) is 17.5 Å². The van der Waals surface area contributed by atoms with Crippen LogP contribution in [0, 0.1) is 0 Å². The third-order valence-electron chi connectivity index (χ3n) is 3.72. The topological polar surface area (TPSA) is 53.4 Å². The second-order valence-corrected chi connectivity index (χ2v) is 6.21. The average molecular weight is 282 g/mol. The van der Waals surface area contributed by atoms with Crippen LogP contribution >= 0.6 is 11.3 Å². The van der Waals surface area contributed by atoms with Crippen molar-refractivity contribution in [1.29, 1.82) is 0 Å². The highest BCUT2D eigenvalue weighted by atomic mass is 32.1. The zero-order valence-electron chi connectivity index (χ0n) is 11.7. The molecule has 19 heavy (non-hydrogen) atoms. The van der Waals surface area contributed by atoms with Crippen LogP contribution < -0.4 is 4.90 Å². The molecule has 2 rings (SSSR count). The summed E-state index contributed by atoms with van der Waals surface area (Å²) in [4.78, 5) is 19.0. The van der Waals surface area contributed by atoms with Crippen molar-refractivity contribution in [2.24, 2.45) is 0 Å². The fourth-order valence-electron chi connectivity index (χ4n) is 2.57.